The van der Waals surface area contributed by atoms with Crippen LogP contribution in [0, 0.1) is 0 Å². The Morgan fingerprint density at radius 1 is 1.25 bits per heavy atom. The van der Waals surface area contributed by atoms with E-state index in [0.717, 1.165) is 0 Å². The maximum Gasteiger partial charge on any atom is 0.238 e. The van der Waals surface area contributed by atoms with Gasteiger partial charge in [-0.15, -0.1) is 11.3 Å². The molecule has 0 saturated carbocycles. The van der Waals surface area contributed by atoms with Crippen LogP contribution in [0.2, 0.25) is 0 Å². The summed E-state index contributed by atoms with van der Waals surface area (Å²) in [7, 11) is -3.73. The lowest BCUT2D eigenvalue weighted by atomic mass is 10.3. The van der Waals surface area contributed by atoms with Crippen molar-refractivity contribution in [2.45, 2.75) is 4.90 Å². The third-order valence-electron chi connectivity index (χ3n) is 2.41. The van der Waals surface area contributed by atoms with Crippen LogP contribution in [0.15, 0.2) is 58.9 Å². The summed E-state index contributed by atoms with van der Waals surface area (Å²) in [5.74, 6) is -0.116. The standard InChI is InChI=1S/C13H12N2O3S2/c14-20(17,18)11-4-1-3-10(9-11)15-7-6-12(16)13-5-2-8-19-13/h1-9,15H,(H2,14,17,18)/b7-6+. The highest BCUT2D eigenvalue weighted by Crippen LogP contribution is 2.14. The number of nitrogens with two attached hydrogens (primary N) is 1. The van der Waals surface area contributed by atoms with E-state index in [4.69, 9.17) is 5.14 Å². The third kappa shape index (κ3) is 3.77. The summed E-state index contributed by atoms with van der Waals surface area (Å²) in [6.45, 7) is 0. The van der Waals surface area contributed by atoms with E-state index >= 15 is 0 Å². The Morgan fingerprint density at radius 3 is 2.70 bits per heavy atom. The summed E-state index contributed by atoms with van der Waals surface area (Å²) in [5, 5.41) is 9.70. The van der Waals surface area contributed by atoms with Crippen LogP contribution < -0.4 is 10.5 Å². The first-order chi connectivity index (χ1) is 9.47. The molecule has 0 atom stereocenters. The molecule has 2 rings (SSSR count). The second-order valence-corrected chi connectivity index (χ2v) is 6.40. The summed E-state index contributed by atoms with van der Waals surface area (Å²) in [4.78, 5) is 12.3. The molecule has 0 spiro atoms. The van der Waals surface area contributed by atoms with Gasteiger partial charge in [0.1, 0.15) is 0 Å². The van der Waals surface area contributed by atoms with Gasteiger partial charge in [-0.05, 0) is 29.6 Å². The topological polar surface area (TPSA) is 89.3 Å². The summed E-state index contributed by atoms with van der Waals surface area (Å²) < 4.78 is 22.4. The maximum atomic E-state index is 11.7. The number of rotatable bonds is 5. The fourth-order valence-corrected chi connectivity index (χ4v) is 2.68. The van der Waals surface area contributed by atoms with Crippen molar-refractivity contribution in [1.82, 2.24) is 0 Å². The molecule has 0 unspecified atom stereocenters. The lowest BCUT2D eigenvalue weighted by Crippen LogP contribution is -2.12. The molecule has 0 bridgehead atoms. The smallest absolute Gasteiger partial charge is 0.238 e. The second kappa shape index (κ2) is 6.00. The number of nitrogens with one attached hydrogen (secondary N) is 1. The van der Waals surface area contributed by atoms with E-state index in [1.165, 1.54) is 35.7 Å². The number of ketones is 1. The molecule has 5 nitrogen and oxygen atoms in total. The van der Waals surface area contributed by atoms with Crippen LogP contribution in [-0.4, -0.2) is 14.2 Å². The van der Waals surface area contributed by atoms with Gasteiger partial charge < -0.3 is 5.32 Å². The summed E-state index contributed by atoms with van der Waals surface area (Å²) >= 11 is 1.36. The molecule has 0 aliphatic carbocycles. The van der Waals surface area contributed by atoms with Crippen molar-refractivity contribution in [2.75, 3.05) is 5.32 Å². The molecule has 0 aliphatic heterocycles. The Morgan fingerprint density at radius 2 is 2.05 bits per heavy atom. The van der Waals surface area contributed by atoms with Gasteiger partial charge in [-0.25, -0.2) is 13.6 Å². The molecule has 1 aromatic heterocycles. The first-order valence-electron chi connectivity index (χ1n) is 5.60. The summed E-state index contributed by atoms with van der Waals surface area (Å²) in [6.07, 6.45) is 2.85. The number of allylic oxidation sites excluding steroid dienone is 1. The molecule has 0 radical (unpaired) electrons. The number of primary sulfonamides is 1. The molecule has 3 N–H and O–H groups in total. The van der Waals surface area contributed by atoms with Gasteiger partial charge in [-0.3, -0.25) is 4.79 Å². The molecule has 0 saturated heterocycles. The normalized spacial score (nSPS) is 11.7. The highest BCUT2D eigenvalue weighted by atomic mass is 32.2. The number of sulfonamides is 1. The fourth-order valence-electron chi connectivity index (χ4n) is 1.48. The molecule has 0 fully saturated rings. The van der Waals surface area contributed by atoms with E-state index in [2.05, 4.69) is 5.32 Å². The number of hydrogen-bond donors (Lipinski definition) is 2. The molecule has 0 amide bonds. The number of anilines is 1. The van der Waals surface area contributed by atoms with E-state index in [1.54, 1.807) is 24.3 Å². The maximum absolute atomic E-state index is 11.7. The Labute approximate surface area is 120 Å². The fraction of sp³-hybridized carbons (Fsp3) is 0. The summed E-state index contributed by atoms with van der Waals surface area (Å²) in [6, 6.07) is 9.58. The number of benzene rings is 1. The van der Waals surface area contributed by atoms with Crippen molar-refractivity contribution >= 4 is 32.8 Å². The van der Waals surface area contributed by atoms with Crippen LogP contribution in [0.1, 0.15) is 9.67 Å². The average molecular weight is 308 g/mol. The van der Waals surface area contributed by atoms with E-state index in [9.17, 15) is 13.2 Å². The van der Waals surface area contributed by atoms with Crippen LogP contribution in [0.3, 0.4) is 0 Å². The minimum atomic E-state index is -3.73. The van der Waals surface area contributed by atoms with Gasteiger partial charge in [0.05, 0.1) is 9.77 Å². The largest absolute Gasteiger partial charge is 0.362 e. The molecule has 0 aliphatic rings. The first-order valence-corrected chi connectivity index (χ1v) is 8.03. The quantitative estimate of drug-likeness (QED) is 0.654. The van der Waals surface area contributed by atoms with Crippen LogP contribution >= 0.6 is 11.3 Å². The van der Waals surface area contributed by atoms with Crippen LogP contribution in [0.25, 0.3) is 0 Å². The van der Waals surface area contributed by atoms with E-state index in [-0.39, 0.29) is 10.7 Å². The molecule has 2 aromatic rings. The van der Waals surface area contributed by atoms with Crippen LogP contribution in [-0.2, 0) is 10.0 Å². The predicted octanol–water partition coefficient (Wildman–Crippen LogP) is 2.20. The van der Waals surface area contributed by atoms with Crippen molar-refractivity contribution in [2.24, 2.45) is 5.14 Å². The van der Waals surface area contributed by atoms with E-state index in [0.29, 0.717) is 10.6 Å². The Bertz CT molecular complexity index is 735. The zero-order chi connectivity index (χ0) is 14.6. The average Bonchev–Trinajstić information content (AvgIpc) is 2.92. The molecular weight excluding hydrogens is 296 g/mol. The van der Waals surface area contributed by atoms with Gasteiger partial charge in [-0.1, -0.05) is 12.1 Å². The van der Waals surface area contributed by atoms with E-state index < -0.39 is 10.0 Å². The predicted molar refractivity (Wildman–Crippen MR) is 79.2 cm³/mol. The zero-order valence-electron chi connectivity index (χ0n) is 10.3. The Balaban J connectivity index is 2.06. The Kier molecular flexibility index (Phi) is 4.33. The number of hydrogen-bond acceptors (Lipinski definition) is 5. The monoisotopic (exact) mass is 308 g/mol. The SMILES string of the molecule is NS(=O)(=O)c1cccc(N/C=C/C(=O)c2cccs2)c1. The highest BCUT2D eigenvalue weighted by Gasteiger charge is 2.07. The third-order valence-corrected chi connectivity index (χ3v) is 4.21. The molecule has 7 heteroatoms. The Hall–Kier alpha value is -1.96. The van der Waals surface area contributed by atoms with Crippen molar-refractivity contribution in [3.8, 4) is 0 Å². The molecule has 1 heterocycles. The van der Waals surface area contributed by atoms with Crippen molar-refractivity contribution in [3.05, 3.63) is 58.9 Å². The van der Waals surface area contributed by atoms with Crippen molar-refractivity contribution in [1.29, 1.82) is 0 Å². The minimum absolute atomic E-state index is 0.0143. The van der Waals surface area contributed by atoms with Crippen molar-refractivity contribution < 1.29 is 13.2 Å². The van der Waals surface area contributed by atoms with Crippen LogP contribution in [0.5, 0.6) is 0 Å². The van der Waals surface area contributed by atoms with Gasteiger partial charge in [-0.2, -0.15) is 0 Å². The highest BCUT2D eigenvalue weighted by molar-refractivity contribution is 7.89. The van der Waals surface area contributed by atoms with Gasteiger partial charge in [0.25, 0.3) is 0 Å². The lowest BCUT2D eigenvalue weighted by Gasteiger charge is -2.03. The van der Waals surface area contributed by atoms with Gasteiger partial charge in [0, 0.05) is 18.0 Å². The second-order valence-electron chi connectivity index (χ2n) is 3.89. The molecule has 20 heavy (non-hydrogen) atoms. The summed E-state index contributed by atoms with van der Waals surface area (Å²) in [5.41, 5.74) is 0.534. The number of thiophene rings is 1. The van der Waals surface area contributed by atoms with Crippen molar-refractivity contribution in [3.63, 3.8) is 0 Å². The van der Waals surface area contributed by atoms with E-state index in [1.807, 2.05) is 5.38 Å². The lowest BCUT2D eigenvalue weighted by molar-refractivity contribution is 0.105. The van der Waals surface area contributed by atoms with Gasteiger partial charge in [0.2, 0.25) is 10.0 Å². The molecule has 104 valence electrons. The van der Waals surface area contributed by atoms with Gasteiger partial charge in [0.15, 0.2) is 5.78 Å². The zero-order valence-corrected chi connectivity index (χ0v) is 11.9. The molecular formula is C13H12N2O3S2. The van der Waals surface area contributed by atoms with Crippen LogP contribution in [0.4, 0.5) is 5.69 Å². The van der Waals surface area contributed by atoms with Gasteiger partial charge >= 0.3 is 0 Å². The number of carbonyl (C=O) groups excluding carboxylic acids is 1. The molecule has 1 aromatic carbocycles. The minimum Gasteiger partial charge on any atom is -0.362 e. The number of carbonyl (C=O) groups is 1. The first kappa shape index (κ1) is 14.4.